The van der Waals surface area contributed by atoms with Gasteiger partial charge in [-0.25, -0.2) is 5.01 Å². The molecule has 7 nitrogen and oxygen atoms in total. The number of amides is 2. The van der Waals surface area contributed by atoms with E-state index >= 15 is 0 Å². The average Bonchev–Trinajstić information content (AvgIpc) is 2.69. The zero-order chi connectivity index (χ0) is 21.8. The summed E-state index contributed by atoms with van der Waals surface area (Å²) in [6, 6.07) is 11.1. The number of carbonyl (C=O) groups excluding carboxylic acids is 2. The molecule has 0 saturated carbocycles. The quantitative estimate of drug-likeness (QED) is 0.524. The maximum atomic E-state index is 13.1. The summed E-state index contributed by atoms with van der Waals surface area (Å²) in [4.78, 5) is 26.1. The Labute approximate surface area is 171 Å². The van der Waals surface area contributed by atoms with Crippen molar-refractivity contribution < 1.29 is 24.4 Å². The molecule has 0 aliphatic rings. The maximum absolute atomic E-state index is 13.1. The first-order valence-electron chi connectivity index (χ1n) is 9.37. The number of hydrazine groups is 1. The molecule has 0 spiro atoms. The Morgan fingerprint density at radius 2 is 1.72 bits per heavy atom. The largest absolute Gasteiger partial charge is 0.496 e. The highest BCUT2D eigenvalue weighted by Gasteiger charge is 2.30. The minimum atomic E-state index is -1.61. The van der Waals surface area contributed by atoms with Gasteiger partial charge >= 0.3 is 7.12 Å². The average molecular weight is 398 g/mol. The van der Waals surface area contributed by atoms with E-state index in [2.05, 4.69) is 5.43 Å². The highest BCUT2D eigenvalue weighted by Crippen LogP contribution is 2.23. The van der Waals surface area contributed by atoms with Crippen LogP contribution in [0, 0.1) is 0 Å². The van der Waals surface area contributed by atoms with Gasteiger partial charge in [0, 0.05) is 16.7 Å². The van der Waals surface area contributed by atoms with Gasteiger partial charge in [-0.05, 0) is 56.9 Å². The van der Waals surface area contributed by atoms with Crippen molar-refractivity contribution in [3.63, 3.8) is 0 Å². The topological polar surface area (TPSA) is 99.1 Å². The van der Waals surface area contributed by atoms with Gasteiger partial charge in [0.05, 0.1) is 12.6 Å². The normalized spacial score (nSPS) is 11.0. The second-order valence-corrected chi connectivity index (χ2v) is 7.59. The lowest BCUT2D eigenvalue weighted by Crippen LogP contribution is -2.56. The lowest BCUT2D eigenvalue weighted by molar-refractivity contribution is 0.0358. The number of hydrogen-bond acceptors (Lipinski definition) is 5. The number of nitrogens with one attached hydrogen (secondary N) is 1. The monoisotopic (exact) mass is 398 g/mol. The van der Waals surface area contributed by atoms with Crippen molar-refractivity contribution in [1.82, 2.24) is 10.4 Å². The Morgan fingerprint density at radius 3 is 2.21 bits per heavy atom. The first kappa shape index (κ1) is 22.5. The van der Waals surface area contributed by atoms with E-state index in [4.69, 9.17) is 4.74 Å². The third-order valence-corrected chi connectivity index (χ3v) is 4.49. The van der Waals surface area contributed by atoms with Crippen molar-refractivity contribution in [2.24, 2.45) is 0 Å². The second kappa shape index (κ2) is 9.11. The molecule has 3 N–H and O–H groups in total. The summed E-state index contributed by atoms with van der Waals surface area (Å²) in [6.45, 7) is 7.36. The Bertz CT molecular complexity index is 876. The first-order valence-corrected chi connectivity index (χ1v) is 9.37. The van der Waals surface area contributed by atoms with Crippen LogP contribution in [0.3, 0.4) is 0 Å². The molecule has 2 aromatic carbocycles. The van der Waals surface area contributed by atoms with Gasteiger partial charge in [-0.1, -0.05) is 25.1 Å². The van der Waals surface area contributed by atoms with E-state index < -0.39 is 24.5 Å². The zero-order valence-electron chi connectivity index (χ0n) is 17.4. The molecule has 0 fully saturated rings. The minimum absolute atomic E-state index is 0.275. The predicted molar refractivity (Wildman–Crippen MR) is 112 cm³/mol. The molecule has 2 aromatic rings. The van der Waals surface area contributed by atoms with Crippen molar-refractivity contribution in [3.8, 4) is 5.75 Å². The molecule has 0 saturated heterocycles. The number of ether oxygens (including phenoxy) is 1. The van der Waals surface area contributed by atoms with E-state index in [-0.39, 0.29) is 5.46 Å². The Hall–Kier alpha value is -2.84. The number of benzene rings is 2. The van der Waals surface area contributed by atoms with Crippen molar-refractivity contribution >= 4 is 24.4 Å². The number of methoxy groups -OCH3 is 1. The first-order chi connectivity index (χ1) is 13.6. The highest BCUT2D eigenvalue weighted by atomic mass is 16.5. The summed E-state index contributed by atoms with van der Waals surface area (Å²) in [5.74, 6) is -0.205. The number of carbonyl (C=O) groups is 2. The van der Waals surface area contributed by atoms with Gasteiger partial charge in [0.1, 0.15) is 5.75 Å². The van der Waals surface area contributed by atoms with Gasteiger partial charge < -0.3 is 14.8 Å². The van der Waals surface area contributed by atoms with Crippen molar-refractivity contribution in [2.45, 2.75) is 39.7 Å². The van der Waals surface area contributed by atoms with Crippen LogP contribution in [-0.2, 0) is 6.42 Å². The summed E-state index contributed by atoms with van der Waals surface area (Å²) in [6.07, 6.45) is 0.598. The molecule has 0 aliphatic heterocycles. The van der Waals surface area contributed by atoms with Crippen LogP contribution >= 0.6 is 0 Å². The van der Waals surface area contributed by atoms with E-state index in [9.17, 15) is 19.6 Å². The molecule has 0 aromatic heterocycles. The van der Waals surface area contributed by atoms with E-state index in [1.807, 2.05) is 27.7 Å². The molecule has 0 unspecified atom stereocenters. The molecule has 2 rings (SSSR count). The Balaban J connectivity index is 2.35. The minimum Gasteiger partial charge on any atom is -0.496 e. The molecule has 154 valence electrons. The summed E-state index contributed by atoms with van der Waals surface area (Å²) in [5, 5.41) is 19.7. The van der Waals surface area contributed by atoms with Crippen LogP contribution in [0.4, 0.5) is 0 Å². The molecule has 8 heteroatoms. The van der Waals surface area contributed by atoms with Gasteiger partial charge in [-0.15, -0.1) is 0 Å². The molecule has 0 atom stereocenters. The SMILES string of the molecule is CCc1c(OC)cccc1C(=O)NN(C(=O)c1ccc(B(O)O)cc1)C(C)(C)C. The van der Waals surface area contributed by atoms with E-state index in [1.165, 1.54) is 29.3 Å². The lowest BCUT2D eigenvalue weighted by atomic mass is 9.80. The maximum Gasteiger partial charge on any atom is 0.488 e. The zero-order valence-corrected chi connectivity index (χ0v) is 17.4. The van der Waals surface area contributed by atoms with Crippen LogP contribution < -0.4 is 15.6 Å². The summed E-state index contributed by atoms with van der Waals surface area (Å²) in [5.41, 5.74) is 3.81. The standard InChI is InChI=1S/C21H27BN2O5/c1-6-16-17(8-7-9-18(16)29-5)19(25)23-24(21(2,3)4)20(26)14-10-12-15(13-11-14)22(27)28/h7-13,27-28H,6H2,1-5H3,(H,23,25). The lowest BCUT2D eigenvalue weighted by Gasteiger charge is -2.35. The molecule has 0 bridgehead atoms. The van der Waals surface area contributed by atoms with Gasteiger partial charge in [-0.3, -0.25) is 15.0 Å². The number of nitrogens with zero attached hydrogens (tertiary/aromatic N) is 1. The van der Waals surface area contributed by atoms with Crippen molar-refractivity contribution in [1.29, 1.82) is 0 Å². The van der Waals surface area contributed by atoms with Gasteiger partial charge in [0.25, 0.3) is 11.8 Å². The van der Waals surface area contributed by atoms with Gasteiger partial charge in [-0.2, -0.15) is 0 Å². The smallest absolute Gasteiger partial charge is 0.488 e. The van der Waals surface area contributed by atoms with E-state index in [0.29, 0.717) is 23.3 Å². The van der Waals surface area contributed by atoms with Crippen molar-refractivity contribution in [3.05, 3.63) is 59.2 Å². The van der Waals surface area contributed by atoms with Crippen LogP contribution in [0.2, 0.25) is 0 Å². The van der Waals surface area contributed by atoms with Crippen molar-refractivity contribution in [2.75, 3.05) is 7.11 Å². The summed E-state index contributed by atoms with van der Waals surface area (Å²) < 4.78 is 5.35. The molecular weight excluding hydrogens is 371 g/mol. The molecule has 29 heavy (non-hydrogen) atoms. The third kappa shape index (κ3) is 5.16. The molecule has 2 amide bonds. The number of hydrogen-bond donors (Lipinski definition) is 3. The molecule has 0 radical (unpaired) electrons. The Morgan fingerprint density at radius 1 is 1.10 bits per heavy atom. The van der Waals surface area contributed by atoms with E-state index in [0.717, 1.165) is 5.56 Å². The van der Waals surface area contributed by atoms with Gasteiger partial charge in [0.15, 0.2) is 0 Å². The fraction of sp³-hybridized carbons (Fsp3) is 0.333. The van der Waals surface area contributed by atoms with Crippen LogP contribution in [-0.4, -0.2) is 46.6 Å². The van der Waals surface area contributed by atoms with Gasteiger partial charge in [0.2, 0.25) is 0 Å². The van der Waals surface area contributed by atoms with Crippen LogP contribution in [0.1, 0.15) is 54.0 Å². The second-order valence-electron chi connectivity index (χ2n) is 7.59. The molecule has 0 heterocycles. The molecule has 0 aliphatic carbocycles. The van der Waals surface area contributed by atoms with Crippen LogP contribution in [0.25, 0.3) is 0 Å². The van der Waals surface area contributed by atoms with Crippen LogP contribution in [0.15, 0.2) is 42.5 Å². The predicted octanol–water partition coefficient (Wildman–Crippen LogP) is 1.52. The third-order valence-electron chi connectivity index (χ3n) is 4.49. The number of rotatable bonds is 5. The van der Waals surface area contributed by atoms with Crippen LogP contribution in [0.5, 0.6) is 5.75 Å². The Kier molecular flexibility index (Phi) is 7.05. The van der Waals surface area contributed by atoms with E-state index in [1.54, 1.807) is 25.3 Å². The highest BCUT2D eigenvalue weighted by molar-refractivity contribution is 6.58. The summed E-state index contributed by atoms with van der Waals surface area (Å²) >= 11 is 0. The fourth-order valence-electron chi connectivity index (χ4n) is 2.95. The molecular formula is C21H27BN2O5. The summed E-state index contributed by atoms with van der Waals surface area (Å²) in [7, 11) is -0.0631. The fourth-order valence-corrected chi connectivity index (χ4v) is 2.95.